The van der Waals surface area contributed by atoms with Crippen molar-refractivity contribution < 1.29 is 0 Å². The highest BCUT2D eigenvalue weighted by Crippen LogP contribution is 2.30. The standard InChI is InChI=1S/C16H22N2/c17-10-3-8-14-6-2-7-15-9-11-18(16(14)15)12-13-4-1-5-13/h2,6-7,9,11,13H,1,3-5,8,10,12,17H2. The van der Waals surface area contributed by atoms with Gasteiger partial charge in [0.05, 0.1) is 5.52 Å². The summed E-state index contributed by atoms with van der Waals surface area (Å²) >= 11 is 0. The Balaban J connectivity index is 1.92. The van der Waals surface area contributed by atoms with Crippen LogP contribution < -0.4 is 5.73 Å². The minimum atomic E-state index is 0.778. The van der Waals surface area contributed by atoms with E-state index < -0.39 is 0 Å². The fraction of sp³-hybridized carbons (Fsp3) is 0.500. The molecule has 2 heteroatoms. The van der Waals surface area contributed by atoms with Crippen molar-refractivity contribution in [1.82, 2.24) is 4.57 Å². The Morgan fingerprint density at radius 2 is 2.11 bits per heavy atom. The van der Waals surface area contributed by atoms with Crippen molar-refractivity contribution in [2.45, 2.75) is 38.6 Å². The highest BCUT2D eigenvalue weighted by molar-refractivity contribution is 5.83. The van der Waals surface area contributed by atoms with Gasteiger partial charge in [0, 0.05) is 12.7 Å². The summed E-state index contributed by atoms with van der Waals surface area (Å²) < 4.78 is 2.46. The fourth-order valence-corrected chi connectivity index (χ4v) is 2.94. The molecule has 0 radical (unpaired) electrons. The second-order valence-electron chi connectivity index (χ2n) is 5.51. The van der Waals surface area contributed by atoms with Crippen molar-refractivity contribution in [3.63, 3.8) is 0 Å². The van der Waals surface area contributed by atoms with Crippen LogP contribution >= 0.6 is 0 Å². The largest absolute Gasteiger partial charge is 0.347 e. The van der Waals surface area contributed by atoms with Gasteiger partial charge in [0.2, 0.25) is 0 Å². The Morgan fingerprint density at radius 3 is 2.83 bits per heavy atom. The van der Waals surface area contributed by atoms with E-state index in [1.807, 2.05) is 0 Å². The van der Waals surface area contributed by atoms with Crippen molar-refractivity contribution in [3.05, 3.63) is 36.0 Å². The summed E-state index contributed by atoms with van der Waals surface area (Å²) in [5.74, 6) is 0.906. The number of benzene rings is 1. The molecule has 2 nitrogen and oxygen atoms in total. The molecule has 1 fully saturated rings. The Hall–Kier alpha value is -1.28. The summed E-state index contributed by atoms with van der Waals surface area (Å²) in [6.45, 7) is 1.98. The lowest BCUT2D eigenvalue weighted by Gasteiger charge is -2.26. The third-order valence-corrected chi connectivity index (χ3v) is 4.20. The predicted octanol–water partition coefficient (Wildman–Crippen LogP) is 3.33. The molecule has 96 valence electrons. The molecule has 2 N–H and O–H groups in total. The van der Waals surface area contributed by atoms with Crippen LogP contribution in [0.25, 0.3) is 10.9 Å². The van der Waals surface area contributed by atoms with E-state index in [1.165, 1.54) is 42.3 Å². The van der Waals surface area contributed by atoms with Gasteiger partial charge in [-0.05, 0) is 55.2 Å². The van der Waals surface area contributed by atoms with Gasteiger partial charge in [0.15, 0.2) is 0 Å². The molecule has 3 rings (SSSR count). The lowest BCUT2D eigenvalue weighted by molar-refractivity contribution is 0.279. The monoisotopic (exact) mass is 242 g/mol. The summed E-state index contributed by atoms with van der Waals surface area (Å²) in [4.78, 5) is 0. The molecule has 0 spiro atoms. The number of para-hydroxylation sites is 1. The van der Waals surface area contributed by atoms with E-state index in [0.717, 1.165) is 25.3 Å². The molecule has 1 heterocycles. The minimum Gasteiger partial charge on any atom is -0.347 e. The number of nitrogens with two attached hydrogens (primary N) is 1. The molecule has 2 aromatic rings. The van der Waals surface area contributed by atoms with Gasteiger partial charge < -0.3 is 10.3 Å². The molecule has 1 aliphatic carbocycles. The van der Waals surface area contributed by atoms with Gasteiger partial charge in [-0.2, -0.15) is 0 Å². The van der Waals surface area contributed by atoms with Gasteiger partial charge in [-0.25, -0.2) is 0 Å². The molecule has 0 saturated heterocycles. The first-order valence-corrected chi connectivity index (χ1v) is 7.15. The summed E-state index contributed by atoms with van der Waals surface area (Å²) in [6, 6.07) is 8.90. The maximum atomic E-state index is 5.64. The number of aryl methyl sites for hydroxylation is 1. The normalized spacial score (nSPS) is 16.1. The van der Waals surface area contributed by atoms with Crippen molar-refractivity contribution in [2.75, 3.05) is 6.54 Å². The second kappa shape index (κ2) is 5.15. The van der Waals surface area contributed by atoms with Crippen LogP contribution in [-0.2, 0) is 13.0 Å². The van der Waals surface area contributed by atoms with Gasteiger partial charge in [-0.15, -0.1) is 0 Å². The second-order valence-corrected chi connectivity index (χ2v) is 5.51. The predicted molar refractivity (Wildman–Crippen MR) is 76.7 cm³/mol. The van der Waals surface area contributed by atoms with Gasteiger partial charge in [0.25, 0.3) is 0 Å². The highest BCUT2D eigenvalue weighted by Gasteiger charge is 2.18. The van der Waals surface area contributed by atoms with E-state index in [2.05, 4.69) is 35.0 Å². The molecule has 18 heavy (non-hydrogen) atoms. The van der Waals surface area contributed by atoms with Crippen LogP contribution in [0.2, 0.25) is 0 Å². The third kappa shape index (κ3) is 2.17. The van der Waals surface area contributed by atoms with E-state index in [0.29, 0.717) is 0 Å². The van der Waals surface area contributed by atoms with E-state index in [-0.39, 0.29) is 0 Å². The van der Waals surface area contributed by atoms with Crippen LogP contribution in [0.15, 0.2) is 30.5 Å². The highest BCUT2D eigenvalue weighted by atomic mass is 15.0. The Bertz CT molecular complexity index is 523. The quantitative estimate of drug-likeness (QED) is 0.856. The first-order valence-electron chi connectivity index (χ1n) is 7.15. The van der Waals surface area contributed by atoms with Gasteiger partial charge >= 0.3 is 0 Å². The molecule has 1 aromatic heterocycles. The number of fused-ring (bicyclic) bond motifs is 1. The number of nitrogens with zero attached hydrogens (tertiary/aromatic N) is 1. The van der Waals surface area contributed by atoms with Crippen LogP contribution in [0.3, 0.4) is 0 Å². The van der Waals surface area contributed by atoms with Crippen molar-refractivity contribution in [3.8, 4) is 0 Å². The summed E-state index contributed by atoms with van der Waals surface area (Å²) in [5, 5.41) is 1.38. The average molecular weight is 242 g/mol. The zero-order valence-corrected chi connectivity index (χ0v) is 10.9. The van der Waals surface area contributed by atoms with E-state index in [4.69, 9.17) is 5.73 Å². The van der Waals surface area contributed by atoms with E-state index >= 15 is 0 Å². The maximum Gasteiger partial charge on any atom is 0.0512 e. The topological polar surface area (TPSA) is 30.9 Å². The molecule has 0 atom stereocenters. The van der Waals surface area contributed by atoms with Crippen molar-refractivity contribution >= 4 is 10.9 Å². The molecule has 1 aliphatic rings. The first-order chi connectivity index (χ1) is 8.88. The summed E-state index contributed by atoms with van der Waals surface area (Å²) in [7, 11) is 0. The average Bonchev–Trinajstić information content (AvgIpc) is 2.75. The lowest BCUT2D eigenvalue weighted by Crippen LogP contribution is -2.17. The van der Waals surface area contributed by atoms with Crippen molar-refractivity contribution in [2.24, 2.45) is 11.7 Å². The lowest BCUT2D eigenvalue weighted by atomic mass is 9.85. The van der Waals surface area contributed by atoms with E-state index in [9.17, 15) is 0 Å². The number of hydrogen-bond acceptors (Lipinski definition) is 1. The molecule has 0 unspecified atom stereocenters. The Kier molecular flexibility index (Phi) is 3.37. The summed E-state index contributed by atoms with van der Waals surface area (Å²) in [5.41, 5.74) is 8.54. The fourth-order valence-electron chi connectivity index (χ4n) is 2.94. The van der Waals surface area contributed by atoms with Crippen LogP contribution in [0.1, 0.15) is 31.2 Å². The number of aromatic nitrogens is 1. The minimum absolute atomic E-state index is 0.778. The van der Waals surface area contributed by atoms with E-state index in [1.54, 1.807) is 0 Å². The molecule has 1 aromatic carbocycles. The summed E-state index contributed by atoms with van der Waals surface area (Å²) in [6.07, 6.45) is 8.67. The zero-order valence-electron chi connectivity index (χ0n) is 10.9. The van der Waals surface area contributed by atoms with Gasteiger partial charge in [-0.3, -0.25) is 0 Å². The molecule has 0 amide bonds. The third-order valence-electron chi connectivity index (χ3n) is 4.20. The van der Waals surface area contributed by atoms with Crippen LogP contribution in [0.5, 0.6) is 0 Å². The Labute approximate surface area is 109 Å². The maximum absolute atomic E-state index is 5.64. The van der Waals surface area contributed by atoms with Crippen molar-refractivity contribution in [1.29, 1.82) is 0 Å². The molecule has 1 saturated carbocycles. The SMILES string of the molecule is NCCCc1cccc2ccn(CC3CCC3)c12. The van der Waals surface area contributed by atoms with Crippen LogP contribution in [0.4, 0.5) is 0 Å². The number of hydrogen-bond donors (Lipinski definition) is 1. The molecular weight excluding hydrogens is 220 g/mol. The van der Waals surface area contributed by atoms with Crippen LogP contribution in [0, 0.1) is 5.92 Å². The molecule has 0 bridgehead atoms. The Morgan fingerprint density at radius 1 is 1.22 bits per heavy atom. The zero-order chi connectivity index (χ0) is 12.4. The van der Waals surface area contributed by atoms with Gasteiger partial charge in [0.1, 0.15) is 0 Å². The van der Waals surface area contributed by atoms with Gasteiger partial charge in [-0.1, -0.05) is 24.6 Å². The molecular formula is C16H22N2. The smallest absolute Gasteiger partial charge is 0.0512 e. The number of rotatable bonds is 5. The first kappa shape index (κ1) is 11.8. The molecule has 0 aliphatic heterocycles. The van der Waals surface area contributed by atoms with Crippen LogP contribution in [-0.4, -0.2) is 11.1 Å².